The van der Waals surface area contributed by atoms with Gasteiger partial charge in [-0.2, -0.15) is 0 Å². The standard InChI is InChI=1S/C13H21N2O5P/c1-4-19-13(16)10-14-21(17,20-5-2)15-11-6-8-12(18-3)9-7-11/h6-9H,4-5,10H2,1-3H3,(H2,14,15,17). The van der Waals surface area contributed by atoms with Gasteiger partial charge in [0.15, 0.2) is 0 Å². The molecule has 0 saturated heterocycles. The van der Waals surface area contributed by atoms with Crippen LogP contribution >= 0.6 is 7.67 Å². The maximum absolute atomic E-state index is 12.6. The lowest BCUT2D eigenvalue weighted by atomic mass is 10.3. The second-order valence-corrected chi connectivity index (χ2v) is 5.85. The van der Waals surface area contributed by atoms with Crippen molar-refractivity contribution in [3.63, 3.8) is 0 Å². The third-order valence-electron chi connectivity index (χ3n) is 2.41. The minimum absolute atomic E-state index is 0.200. The van der Waals surface area contributed by atoms with Gasteiger partial charge in [-0.15, -0.1) is 0 Å². The van der Waals surface area contributed by atoms with E-state index in [-0.39, 0.29) is 19.8 Å². The zero-order valence-corrected chi connectivity index (χ0v) is 13.3. The molecule has 0 spiro atoms. The third-order valence-corrected chi connectivity index (χ3v) is 4.16. The second-order valence-electron chi connectivity index (χ2n) is 3.95. The number of benzene rings is 1. The van der Waals surface area contributed by atoms with E-state index in [1.165, 1.54) is 0 Å². The fourth-order valence-corrected chi connectivity index (χ4v) is 2.94. The smallest absolute Gasteiger partial charge is 0.366 e. The van der Waals surface area contributed by atoms with Crippen LogP contribution in [0.5, 0.6) is 5.75 Å². The highest BCUT2D eigenvalue weighted by molar-refractivity contribution is 7.58. The van der Waals surface area contributed by atoms with Gasteiger partial charge in [-0.3, -0.25) is 4.79 Å². The van der Waals surface area contributed by atoms with Crippen molar-refractivity contribution in [3.05, 3.63) is 24.3 Å². The monoisotopic (exact) mass is 316 g/mol. The van der Waals surface area contributed by atoms with Crippen molar-refractivity contribution >= 4 is 19.3 Å². The summed E-state index contributed by atoms with van der Waals surface area (Å²) in [5.41, 5.74) is 0.587. The maximum Gasteiger partial charge on any atom is 0.366 e. The molecule has 0 radical (unpaired) electrons. The zero-order chi connectivity index (χ0) is 15.7. The van der Waals surface area contributed by atoms with Crippen LogP contribution in [0.1, 0.15) is 13.8 Å². The highest BCUT2D eigenvalue weighted by Crippen LogP contribution is 2.42. The number of ether oxygens (including phenoxy) is 2. The van der Waals surface area contributed by atoms with Gasteiger partial charge in [-0.1, -0.05) is 0 Å². The molecule has 8 heteroatoms. The average Bonchev–Trinajstić information content (AvgIpc) is 2.47. The number of anilines is 1. The molecule has 1 atom stereocenters. The molecule has 0 aliphatic rings. The predicted molar refractivity (Wildman–Crippen MR) is 80.5 cm³/mol. The number of methoxy groups -OCH3 is 1. The van der Waals surface area contributed by atoms with Crippen molar-refractivity contribution in [3.8, 4) is 5.75 Å². The van der Waals surface area contributed by atoms with Gasteiger partial charge in [-0.05, 0) is 38.1 Å². The Kier molecular flexibility index (Phi) is 7.22. The number of hydrogen-bond acceptors (Lipinski definition) is 5. The first-order chi connectivity index (χ1) is 10.0. The van der Waals surface area contributed by atoms with Gasteiger partial charge in [-0.25, -0.2) is 9.65 Å². The third kappa shape index (κ3) is 6.16. The fourth-order valence-electron chi connectivity index (χ4n) is 1.52. The van der Waals surface area contributed by atoms with Gasteiger partial charge < -0.3 is 19.1 Å². The van der Waals surface area contributed by atoms with Gasteiger partial charge in [0.05, 0.1) is 20.3 Å². The molecule has 0 saturated carbocycles. The number of hydrogen-bond donors (Lipinski definition) is 2. The summed E-state index contributed by atoms with van der Waals surface area (Å²) in [6, 6.07) is 6.86. The SMILES string of the molecule is CCOC(=O)CNP(=O)(Nc1ccc(OC)cc1)OCC. The molecule has 0 fully saturated rings. The van der Waals surface area contributed by atoms with E-state index in [1.54, 1.807) is 45.2 Å². The molecular formula is C13H21N2O5P. The largest absolute Gasteiger partial charge is 0.497 e. The molecular weight excluding hydrogens is 295 g/mol. The van der Waals surface area contributed by atoms with Crippen LogP contribution in [0, 0.1) is 0 Å². The van der Waals surface area contributed by atoms with Crippen LogP contribution in [-0.2, 0) is 18.6 Å². The Balaban J connectivity index is 2.69. The Morgan fingerprint density at radius 3 is 2.38 bits per heavy atom. The molecule has 118 valence electrons. The molecule has 7 nitrogen and oxygen atoms in total. The minimum atomic E-state index is -3.38. The molecule has 0 heterocycles. The first-order valence-corrected chi connectivity index (χ1v) is 8.23. The molecule has 21 heavy (non-hydrogen) atoms. The van der Waals surface area contributed by atoms with E-state index in [0.717, 1.165) is 0 Å². The van der Waals surface area contributed by atoms with Crippen LogP contribution < -0.4 is 14.9 Å². The number of carbonyl (C=O) groups excluding carboxylic acids is 1. The number of esters is 1. The highest BCUT2D eigenvalue weighted by atomic mass is 31.2. The van der Waals surface area contributed by atoms with Crippen LogP contribution in [0.2, 0.25) is 0 Å². The Morgan fingerprint density at radius 2 is 1.86 bits per heavy atom. The van der Waals surface area contributed by atoms with Gasteiger partial charge in [0.1, 0.15) is 12.3 Å². The highest BCUT2D eigenvalue weighted by Gasteiger charge is 2.23. The van der Waals surface area contributed by atoms with E-state index in [2.05, 4.69) is 10.2 Å². The lowest BCUT2D eigenvalue weighted by Crippen LogP contribution is -2.26. The molecule has 0 bridgehead atoms. The van der Waals surface area contributed by atoms with Crippen molar-refractivity contribution in [1.29, 1.82) is 0 Å². The lowest BCUT2D eigenvalue weighted by molar-refractivity contribution is -0.141. The summed E-state index contributed by atoms with van der Waals surface area (Å²) in [5.74, 6) is 0.195. The van der Waals surface area contributed by atoms with E-state index in [1.807, 2.05) is 0 Å². The normalized spacial score (nSPS) is 13.3. The fraction of sp³-hybridized carbons (Fsp3) is 0.462. The Morgan fingerprint density at radius 1 is 1.19 bits per heavy atom. The van der Waals surface area contributed by atoms with Gasteiger partial charge in [0.25, 0.3) is 0 Å². The van der Waals surface area contributed by atoms with Gasteiger partial charge in [0, 0.05) is 5.69 Å². The van der Waals surface area contributed by atoms with Crippen LogP contribution in [0.3, 0.4) is 0 Å². The topological polar surface area (TPSA) is 85.9 Å². The molecule has 0 aliphatic heterocycles. The summed E-state index contributed by atoms with van der Waals surface area (Å²) in [6.07, 6.45) is 0. The first kappa shape index (κ1) is 17.5. The van der Waals surface area contributed by atoms with Crippen LogP contribution in [0.25, 0.3) is 0 Å². The summed E-state index contributed by atoms with van der Waals surface area (Å²) in [5, 5.41) is 5.34. The second kappa shape index (κ2) is 8.67. The van der Waals surface area contributed by atoms with Gasteiger partial charge in [0.2, 0.25) is 0 Å². The number of nitrogens with one attached hydrogen (secondary N) is 2. The van der Waals surface area contributed by atoms with E-state index < -0.39 is 13.6 Å². The average molecular weight is 316 g/mol. The Hall–Kier alpha value is -1.56. The van der Waals surface area contributed by atoms with Crippen molar-refractivity contribution in [2.75, 3.05) is 32.0 Å². The summed E-state index contributed by atoms with van der Waals surface area (Å²) < 4.78 is 27.6. The maximum atomic E-state index is 12.6. The molecule has 1 aromatic carbocycles. The molecule has 2 N–H and O–H groups in total. The van der Waals surface area contributed by atoms with Gasteiger partial charge >= 0.3 is 13.6 Å². The van der Waals surface area contributed by atoms with Crippen LogP contribution in [-0.4, -0.2) is 32.8 Å². The quantitative estimate of drug-likeness (QED) is 0.534. The van der Waals surface area contributed by atoms with Crippen molar-refractivity contribution < 1.29 is 23.4 Å². The summed E-state index contributed by atoms with van der Waals surface area (Å²) >= 11 is 0. The predicted octanol–water partition coefficient (Wildman–Crippen LogP) is 2.40. The molecule has 0 aromatic heterocycles. The number of rotatable bonds is 9. The molecule has 1 unspecified atom stereocenters. The van der Waals surface area contributed by atoms with Crippen LogP contribution in [0.15, 0.2) is 24.3 Å². The van der Waals surface area contributed by atoms with Crippen molar-refractivity contribution in [2.45, 2.75) is 13.8 Å². The molecule has 0 aliphatic carbocycles. The molecule has 0 amide bonds. The number of carbonyl (C=O) groups is 1. The molecule has 1 aromatic rings. The molecule has 1 rings (SSSR count). The van der Waals surface area contributed by atoms with E-state index in [0.29, 0.717) is 11.4 Å². The van der Waals surface area contributed by atoms with Crippen molar-refractivity contribution in [2.24, 2.45) is 0 Å². The Labute approximate surface area is 124 Å². The first-order valence-electron chi connectivity index (χ1n) is 6.60. The Bertz CT molecular complexity index is 492. The summed E-state index contributed by atoms with van der Waals surface area (Å²) in [7, 11) is -1.82. The lowest BCUT2D eigenvalue weighted by Gasteiger charge is -2.20. The summed E-state index contributed by atoms with van der Waals surface area (Å²) in [6.45, 7) is 3.72. The van der Waals surface area contributed by atoms with E-state index >= 15 is 0 Å². The zero-order valence-electron chi connectivity index (χ0n) is 12.4. The van der Waals surface area contributed by atoms with E-state index in [9.17, 15) is 9.36 Å². The minimum Gasteiger partial charge on any atom is -0.497 e. The van der Waals surface area contributed by atoms with Crippen molar-refractivity contribution in [1.82, 2.24) is 5.09 Å². The summed E-state index contributed by atoms with van der Waals surface area (Å²) in [4.78, 5) is 11.3. The van der Waals surface area contributed by atoms with Crippen LogP contribution in [0.4, 0.5) is 5.69 Å². The van der Waals surface area contributed by atoms with E-state index in [4.69, 9.17) is 14.0 Å².